The Hall–Kier alpha value is -1.62. The van der Waals surface area contributed by atoms with Crippen LogP contribution in [-0.4, -0.2) is 15.2 Å². The molecule has 2 aromatic heterocycles. The molecule has 0 aliphatic rings. The summed E-state index contributed by atoms with van der Waals surface area (Å²) in [5, 5.41) is 5.00. The zero-order valence-corrected chi connectivity index (χ0v) is 7.60. The highest BCUT2D eigenvalue weighted by Crippen LogP contribution is 2.19. The number of halogens is 2. The smallest absolute Gasteiger partial charge is 0.264 e. The lowest BCUT2D eigenvalue weighted by atomic mass is 10.2. The summed E-state index contributed by atoms with van der Waals surface area (Å²) in [6.45, 7) is 0. The van der Waals surface area contributed by atoms with Crippen molar-refractivity contribution in [3.05, 3.63) is 39.5 Å². The quantitative estimate of drug-likeness (QED) is 0.755. The van der Waals surface area contributed by atoms with E-state index in [1.54, 1.807) is 0 Å². The van der Waals surface area contributed by atoms with Gasteiger partial charge in [-0.2, -0.15) is 0 Å². The van der Waals surface area contributed by atoms with Crippen LogP contribution in [0.15, 0.2) is 23.1 Å². The Morgan fingerprint density at radius 2 is 2.14 bits per heavy atom. The van der Waals surface area contributed by atoms with Crippen molar-refractivity contribution in [2.45, 2.75) is 0 Å². The zero-order chi connectivity index (χ0) is 10.1. The summed E-state index contributed by atoms with van der Waals surface area (Å²) in [6.07, 6.45) is 1.31. The molecule has 2 N–H and O–H groups in total. The minimum Gasteiger partial charge on any atom is -0.296 e. The molecule has 0 aromatic carbocycles. The molecule has 0 unspecified atom stereocenters. The Bertz CT molecular complexity index is 519. The average molecular weight is 214 g/mol. The minimum absolute atomic E-state index is 0.0627. The highest BCUT2D eigenvalue weighted by atomic mass is 35.5. The average Bonchev–Trinajstić information content (AvgIpc) is 2.51. The van der Waals surface area contributed by atoms with E-state index in [2.05, 4.69) is 15.2 Å². The normalized spacial score (nSPS) is 10.4. The lowest BCUT2D eigenvalue weighted by Gasteiger charge is -1.98. The van der Waals surface area contributed by atoms with E-state index in [0.29, 0.717) is 5.69 Å². The maximum absolute atomic E-state index is 13.3. The summed E-state index contributed by atoms with van der Waals surface area (Å²) >= 11 is 5.53. The van der Waals surface area contributed by atoms with Gasteiger partial charge in [-0.15, -0.1) is 0 Å². The van der Waals surface area contributed by atoms with Crippen LogP contribution in [0, 0.1) is 5.82 Å². The van der Waals surface area contributed by atoms with Crippen molar-refractivity contribution < 1.29 is 4.39 Å². The van der Waals surface area contributed by atoms with Gasteiger partial charge in [-0.05, 0) is 6.07 Å². The van der Waals surface area contributed by atoms with E-state index in [1.807, 2.05) is 0 Å². The summed E-state index contributed by atoms with van der Waals surface area (Å²) in [7, 11) is 0. The molecule has 0 atom stereocenters. The molecule has 0 spiro atoms. The third kappa shape index (κ3) is 1.54. The maximum Gasteiger partial charge on any atom is 0.264 e. The molecule has 14 heavy (non-hydrogen) atoms. The van der Waals surface area contributed by atoms with Gasteiger partial charge in [0.25, 0.3) is 5.56 Å². The van der Waals surface area contributed by atoms with Crippen LogP contribution in [0.3, 0.4) is 0 Å². The molecule has 0 aliphatic heterocycles. The lowest BCUT2D eigenvalue weighted by Crippen LogP contribution is -1.93. The molecule has 2 heterocycles. The van der Waals surface area contributed by atoms with Crippen LogP contribution in [-0.2, 0) is 0 Å². The standard InChI is InChI=1S/C8H5ClFN3O/c9-4-1-5(10)8(11-3-4)6-2-7(14)13-12-6/h1-3H,(H2,12,13,14). The fraction of sp³-hybridized carbons (Fsp3) is 0. The maximum atomic E-state index is 13.3. The number of nitrogens with one attached hydrogen (secondary N) is 2. The molecule has 2 rings (SSSR count). The van der Waals surface area contributed by atoms with E-state index in [1.165, 1.54) is 12.3 Å². The van der Waals surface area contributed by atoms with Crippen molar-refractivity contribution in [2.75, 3.05) is 0 Å². The van der Waals surface area contributed by atoms with E-state index in [0.717, 1.165) is 6.07 Å². The third-order valence-corrected chi connectivity index (χ3v) is 1.87. The van der Waals surface area contributed by atoms with E-state index in [9.17, 15) is 9.18 Å². The van der Waals surface area contributed by atoms with Gasteiger partial charge < -0.3 is 0 Å². The molecule has 0 fully saturated rings. The van der Waals surface area contributed by atoms with Crippen LogP contribution < -0.4 is 5.56 Å². The molecular formula is C8H5ClFN3O. The van der Waals surface area contributed by atoms with Crippen LogP contribution in [0.25, 0.3) is 11.4 Å². The first-order valence-electron chi connectivity index (χ1n) is 3.76. The zero-order valence-electron chi connectivity index (χ0n) is 6.84. The molecule has 0 amide bonds. The van der Waals surface area contributed by atoms with Gasteiger partial charge in [-0.1, -0.05) is 11.6 Å². The minimum atomic E-state index is -0.576. The summed E-state index contributed by atoms with van der Waals surface area (Å²) in [5.74, 6) is -0.576. The number of H-pyrrole nitrogens is 2. The van der Waals surface area contributed by atoms with Crippen LogP contribution in [0.5, 0.6) is 0 Å². The van der Waals surface area contributed by atoms with Gasteiger partial charge in [0.2, 0.25) is 0 Å². The van der Waals surface area contributed by atoms with Crippen molar-refractivity contribution in [1.29, 1.82) is 0 Å². The van der Waals surface area contributed by atoms with Gasteiger partial charge in [-0.3, -0.25) is 15.0 Å². The van der Waals surface area contributed by atoms with E-state index >= 15 is 0 Å². The molecule has 4 nitrogen and oxygen atoms in total. The van der Waals surface area contributed by atoms with Gasteiger partial charge in [-0.25, -0.2) is 9.37 Å². The largest absolute Gasteiger partial charge is 0.296 e. The van der Waals surface area contributed by atoms with Crippen molar-refractivity contribution in [1.82, 2.24) is 15.2 Å². The molecule has 2 aromatic rings. The molecule has 6 heteroatoms. The molecule has 0 saturated carbocycles. The second kappa shape index (κ2) is 3.26. The van der Waals surface area contributed by atoms with Crippen molar-refractivity contribution in [2.24, 2.45) is 0 Å². The Kier molecular flexibility index (Phi) is 2.09. The SMILES string of the molecule is O=c1cc(-c2ncc(Cl)cc2F)[nH][nH]1. The number of aromatic nitrogens is 3. The highest BCUT2D eigenvalue weighted by Gasteiger charge is 2.08. The number of rotatable bonds is 1. The predicted octanol–water partition coefficient (Wildman–Crippen LogP) is 1.56. The first-order chi connectivity index (χ1) is 6.66. The van der Waals surface area contributed by atoms with Crippen LogP contribution in [0.1, 0.15) is 0 Å². The Morgan fingerprint density at radius 1 is 1.36 bits per heavy atom. The van der Waals surface area contributed by atoms with Gasteiger partial charge in [0.05, 0.1) is 10.7 Å². The molecule has 0 bridgehead atoms. The van der Waals surface area contributed by atoms with Gasteiger partial charge in [0.1, 0.15) is 5.69 Å². The van der Waals surface area contributed by atoms with Crippen molar-refractivity contribution >= 4 is 11.6 Å². The molecule has 72 valence electrons. The van der Waals surface area contributed by atoms with Crippen LogP contribution in [0.4, 0.5) is 4.39 Å². The second-order valence-electron chi connectivity index (χ2n) is 2.66. The third-order valence-electron chi connectivity index (χ3n) is 1.66. The number of pyridine rings is 1. The van der Waals surface area contributed by atoms with E-state index in [-0.39, 0.29) is 16.3 Å². The van der Waals surface area contributed by atoms with Crippen LogP contribution >= 0.6 is 11.6 Å². The van der Waals surface area contributed by atoms with Gasteiger partial charge in [0.15, 0.2) is 5.82 Å². The second-order valence-corrected chi connectivity index (χ2v) is 3.09. The fourth-order valence-electron chi connectivity index (χ4n) is 1.07. The molecule has 0 radical (unpaired) electrons. The molecular weight excluding hydrogens is 209 g/mol. The van der Waals surface area contributed by atoms with Crippen LogP contribution in [0.2, 0.25) is 5.02 Å². The Morgan fingerprint density at radius 3 is 2.71 bits per heavy atom. The predicted molar refractivity (Wildman–Crippen MR) is 49.6 cm³/mol. The summed E-state index contributed by atoms with van der Waals surface area (Å²) in [6, 6.07) is 2.36. The number of hydrogen-bond acceptors (Lipinski definition) is 2. The van der Waals surface area contributed by atoms with E-state index < -0.39 is 5.82 Å². The number of hydrogen-bond donors (Lipinski definition) is 2. The number of nitrogens with zero attached hydrogens (tertiary/aromatic N) is 1. The molecule has 0 aliphatic carbocycles. The highest BCUT2D eigenvalue weighted by molar-refractivity contribution is 6.30. The summed E-state index contributed by atoms with van der Waals surface area (Å²) in [5.41, 5.74) is 0.0214. The first kappa shape index (κ1) is 8.96. The fourth-order valence-corrected chi connectivity index (χ4v) is 1.22. The first-order valence-corrected chi connectivity index (χ1v) is 4.14. The van der Waals surface area contributed by atoms with Gasteiger partial charge >= 0.3 is 0 Å². The van der Waals surface area contributed by atoms with Crippen molar-refractivity contribution in [3.63, 3.8) is 0 Å². The molecule has 0 saturated heterocycles. The van der Waals surface area contributed by atoms with Gasteiger partial charge in [0, 0.05) is 12.3 Å². The summed E-state index contributed by atoms with van der Waals surface area (Å²) in [4.78, 5) is 14.5. The summed E-state index contributed by atoms with van der Waals surface area (Å²) < 4.78 is 13.3. The topological polar surface area (TPSA) is 61.5 Å². The monoisotopic (exact) mass is 213 g/mol. The number of aromatic amines is 2. The Labute approximate surface area is 82.7 Å². The van der Waals surface area contributed by atoms with E-state index in [4.69, 9.17) is 11.6 Å². The van der Waals surface area contributed by atoms with Crippen molar-refractivity contribution in [3.8, 4) is 11.4 Å². The lowest BCUT2D eigenvalue weighted by molar-refractivity contribution is 0.625. The Balaban J connectivity index is 2.57.